The van der Waals surface area contributed by atoms with Gasteiger partial charge in [-0.3, -0.25) is 9.36 Å². The van der Waals surface area contributed by atoms with E-state index in [4.69, 9.17) is 4.74 Å². The van der Waals surface area contributed by atoms with E-state index in [0.29, 0.717) is 18.7 Å². The summed E-state index contributed by atoms with van der Waals surface area (Å²) < 4.78 is 7.27. The molecular weight excluding hydrogens is 532 g/mol. The largest absolute Gasteiger partial charge is 0.443 e. The Morgan fingerprint density at radius 1 is 0.744 bits per heavy atom. The zero-order chi connectivity index (χ0) is 30.2. The lowest BCUT2D eigenvalue weighted by molar-refractivity contribution is 0.0544. The van der Waals surface area contributed by atoms with Crippen LogP contribution in [0.15, 0.2) is 121 Å². The third kappa shape index (κ3) is 7.61. The van der Waals surface area contributed by atoms with Crippen molar-refractivity contribution in [3.05, 3.63) is 144 Å². The van der Waals surface area contributed by atoms with Crippen molar-refractivity contribution in [3.63, 3.8) is 0 Å². The molecule has 0 fully saturated rings. The Hall–Kier alpha value is -4.64. The quantitative estimate of drug-likeness (QED) is 0.168. The number of aryl methyl sites for hydroxylation is 1. The Morgan fingerprint density at radius 2 is 1.30 bits per heavy atom. The molecule has 5 aromatic rings. The average molecular weight is 573 g/mol. The monoisotopic (exact) mass is 572 g/mol. The van der Waals surface area contributed by atoms with Gasteiger partial charge in [0.05, 0.1) is 5.52 Å². The topological polar surface area (TPSA) is 51.5 Å². The van der Waals surface area contributed by atoms with Gasteiger partial charge in [-0.15, -0.1) is 0 Å². The SMILES string of the molecule is CC(C)(C)OC(=O)n1cc(CCCN(CCC(c2ccccc2)c2ccccc2)C(=O)c2ccccc2)c2ccccc21. The number of fused-ring (bicyclic) bond motifs is 1. The maximum atomic E-state index is 13.8. The zero-order valence-corrected chi connectivity index (χ0v) is 25.3. The molecule has 0 atom stereocenters. The van der Waals surface area contributed by atoms with Crippen LogP contribution in [0.2, 0.25) is 0 Å². The van der Waals surface area contributed by atoms with Gasteiger partial charge < -0.3 is 9.64 Å². The fourth-order valence-electron chi connectivity index (χ4n) is 5.63. The number of ether oxygens (including phenoxy) is 1. The molecule has 43 heavy (non-hydrogen) atoms. The Labute approximate surface area is 254 Å². The van der Waals surface area contributed by atoms with E-state index in [-0.39, 0.29) is 17.9 Å². The predicted molar refractivity (Wildman–Crippen MR) is 174 cm³/mol. The van der Waals surface area contributed by atoms with Gasteiger partial charge in [0.25, 0.3) is 5.91 Å². The summed E-state index contributed by atoms with van der Waals surface area (Å²) in [6, 6.07) is 38.5. The summed E-state index contributed by atoms with van der Waals surface area (Å²) in [5.74, 6) is 0.219. The molecule has 0 radical (unpaired) electrons. The minimum Gasteiger partial charge on any atom is -0.443 e. The first-order chi connectivity index (χ1) is 20.8. The second-order valence-electron chi connectivity index (χ2n) is 11.9. The second kappa shape index (κ2) is 13.6. The fourth-order valence-corrected chi connectivity index (χ4v) is 5.63. The molecule has 1 aromatic heterocycles. The molecule has 5 nitrogen and oxygen atoms in total. The summed E-state index contributed by atoms with van der Waals surface area (Å²) in [4.78, 5) is 28.7. The number of nitrogens with zero attached hydrogens (tertiary/aromatic N) is 2. The smallest absolute Gasteiger partial charge is 0.419 e. The van der Waals surface area contributed by atoms with Gasteiger partial charge in [0.15, 0.2) is 0 Å². The normalized spacial score (nSPS) is 11.5. The summed E-state index contributed by atoms with van der Waals surface area (Å²) in [7, 11) is 0. The standard InChI is InChI=1S/C38H40N2O3/c1-38(2,3)43-37(42)40-28-32(34-23-13-14-24-35(34)40)22-15-26-39(36(41)31-20-11-6-12-21-31)27-25-33(29-16-7-4-8-17-29)30-18-9-5-10-19-30/h4-14,16-21,23-24,28,33H,15,22,25-27H2,1-3H3. The minimum atomic E-state index is -0.585. The van der Waals surface area contributed by atoms with Crippen LogP contribution in [-0.4, -0.2) is 40.2 Å². The first-order valence-corrected chi connectivity index (χ1v) is 15.1. The number of para-hydroxylation sites is 1. The average Bonchev–Trinajstić information content (AvgIpc) is 3.39. The summed E-state index contributed by atoms with van der Waals surface area (Å²) in [6.45, 7) is 6.85. The van der Waals surface area contributed by atoms with Crippen molar-refractivity contribution in [2.45, 2.75) is 51.6 Å². The maximum absolute atomic E-state index is 13.8. The maximum Gasteiger partial charge on any atom is 0.419 e. The Bertz CT molecular complexity index is 1600. The van der Waals surface area contributed by atoms with Gasteiger partial charge in [-0.1, -0.05) is 97.1 Å². The van der Waals surface area contributed by atoms with Crippen LogP contribution in [0.25, 0.3) is 10.9 Å². The summed E-state index contributed by atoms with van der Waals surface area (Å²) in [5.41, 5.74) is 4.50. The Balaban J connectivity index is 1.35. The number of carbonyl (C=O) groups excluding carboxylic acids is 2. The molecule has 0 unspecified atom stereocenters. The molecular formula is C38H40N2O3. The summed E-state index contributed by atoms with van der Waals surface area (Å²) >= 11 is 0. The number of hydrogen-bond donors (Lipinski definition) is 0. The van der Waals surface area contributed by atoms with Crippen LogP contribution in [-0.2, 0) is 11.2 Å². The molecule has 0 aliphatic carbocycles. The molecule has 5 rings (SSSR count). The lowest BCUT2D eigenvalue weighted by atomic mass is 9.88. The minimum absolute atomic E-state index is 0.0386. The first kappa shape index (κ1) is 29.8. The van der Waals surface area contributed by atoms with Crippen LogP contribution >= 0.6 is 0 Å². The van der Waals surface area contributed by atoms with Gasteiger partial charge in [-0.25, -0.2) is 4.79 Å². The first-order valence-electron chi connectivity index (χ1n) is 15.1. The van der Waals surface area contributed by atoms with Crippen LogP contribution in [0.5, 0.6) is 0 Å². The van der Waals surface area contributed by atoms with Gasteiger partial charge in [-0.05, 0) is 74.9 Å². The lowest BCUT2D eigenvalue weighted by Gasteiger charge is -2.26. The highest BCUT2D eigenvalue weighted by molar-refractivity contribution is 5.94. The third-order valence-electron chi connectivity index (χ3n) is 7.66. The zero-order valence-electron chi connectivity index (χ0n) is 25.3. The van der Waals surface area contributed by atoms with Crippen LogP contribution in [0, 0.1) is 0 Å². The summed E-state index contributed by atoms with van der Waals surface area (Å²) in [5, 5.41) is 1.03. The van der Waals surface area contributed by atoms with Crippen LogP contribution in [0.3, 0.4) is 0 Å². The molecule has 1 heterocycles. The van der Waals surface area contributed by atoms with E-state index in [1.807, 2.05) is 98.6 Å². The molecule has 0 aliphatic heterocycles. The van der Waals surface area contributed by atoms with Gasteiger partial charge in [0.1, 0.15) is 5.60 Å². The van der Waals surface area contributed by atoms with Gasteiger partial charge in [-0.2, -0.15) is 0 Å². The van der Waals surface area contributed by atoms with Crippen molar-refractivity contribution in [1.82, 2.24) is 9.47 Å². The van der Waals surface area contributed by atoms with Crippen LogP contribution in [0.4, 0.5) is 4.79 Å². The highest BCUT2D eigenvalue weighted by Crippen LogP contribution is 2.29. The number of amides is 1. The molecule has 1 amide bonds. The van der Waals surface area contributed by atoms with Crippen LogP contribution in [0.1, 0.15) is 66.6 Å². The molecule has 0 aliphatic rings. The molecule has 4 aromatic carbocycles. The predicted octanol–water partition coefficient (Wildman–Crippen LogP) is 8.72. The number of rotatable bonds is 10. The molecule has 0 saturated carbocycles. The number of carbonyl (C=O) groups is 2. The highest BCUT2D eigenvalue weighted by Gasteiger charge is 2.22. The van der Waals surface area contributed by atoms with E-state index in [9.17, 15) is 9.59 Å². The Kier molecular flexibility index (Phi) is 9.41. The van der Waals surface area contributed by atoms with Crippen molar-refractivity contribution in [2.24, 2.45) is 0 Å². The molecule has 0 saturated heterocycles. The molecule has 0 bridgehead atoms. The van der Waals surface area contributed by atoms with Crippen molar-refractivity contribution in [3.8, 4) is 0 Å². The van der Waals surface area contributed by atoms with Crippen molar-refractivity contribution >= 4 is 22.9 Å². The Morgan fingerprint density at radius 3 is 1.91 bits per heavy atom. The van der Waals surface area contributed by atoms with Crippen LogP contribution < -0.4 is 0 Å². The molecule has 0 N–H and O–H groups in total. The van der Waals surface area contributed by atoms with Crippen molar-refractivity contribution in [1.29, 1.82) is 0 Å². The van der Waals surface area contributed by atoms with Gasteiger partial charge in [0, 0.05) is 36.2 Å². The van der Waals surface area contributed by atoms with E-state index in [0.717, 1.165) is 35.7 Å². The summed E-state index contributed by atoms with van der Waals surface area (Å²) in [6.07, 6.45) is 3.81. The lowest BCUT2D eigenvalue weighted by Crippen LogP contribution is -2.34. The van der Waals surface area contributed by atoms with Crippen molar-refractivity contribution < 1.29 is 14.3 Å². The van der Waals surface area contributed by atoms with Crippen molar-refractivity contribution in [2.75, 3.05) is 13.1 Å². The van der Waals surface area contributed by atoms with Gasteiger partial charge >= 0.3 is 6.09 Å². The molecule has 0 spiro atoms. The number of aromatic nitrogens is 1. The second-order valence-corrected chi connectivity index (χ2v) is 11.9. The number of hydrogen-bond acceptors (Lipinski definition) is 3. The van der Waals surface area contributed by atoms with Gasteiger partial charge in [0.2, 0.25) is 0 Å². The van der Waals surface area contributed by atoms with E-state index in [1.54, 1.807) is 4.57 Å². The highest BCUT2D eigenvalue weighted by atomic mass is 16.6. The van der Waals surface area contributed by atoms with E-state index in [1.165, 1.54) is 11.1 Å². The fraction of sp³-hybridized carbons (Fsp3) is 0.263. The van der Waals surface area contributed by atoms with E-state index >= 15 is 0 Å². The van der Waals surface area contributed by atoms with E-state index in [2.05, 4.69) is 48.5 Å². The molecule has 5 heteroatoms. The van der Waals surface area contributed by atoms with E-state index < -0.39 is 5.60 Å². The molecule has 220 valence electrons. The number of benzene rings is 4. The third-order valence-corrected chi connectivity index (χ3v) is 7.66.